The number of benzene rings is 2. The minimum Gasteiger partial charge on any atom is -0.497 e. The zero-order chi connectivity index (χ0) is 24.8. The van der Waals surface area contributed by atoms with E-state index in [9.17, 15) is 18.0 Å². The van der Waals surface area contributed by atoms with Crippen molar-refractivity contribution in [2.75, 3.05) is 38.4 Å². The van der Waals surface area contributed by atoms with Gasteiger partial charge in [0.2, 0.25) is 21.8 Å². The van der Waals surface area contributed by atoms with Crippen LogP contribution in [0.3, 0.4) is 0 Å². The normalized spacial score (nSPS) is 11.9. The standard InChI is InChI=1S/C22H28ClN3O6S/c1-15(22(28)24-2)25(13-16-7-6-8-18(11-16)31-3)21(27)14-26(33(5,29)30)17-9-10-20(32-4)19(23)12-17/h6-12,15H,13-14H2,1-5H3,(H,24,28)/t15-/m1/s1. The van der Waals surface area contributed by atoms with Crippen LogP contribution in [0.4, 0.5) is 5.69 Å². The summed E-state index contributed by atoms with van der Waals surface area (Å²) < 4.78 is 36.4. The second kappa shape index (κ2) is 11.2. The molecule has 0 aliphatic carbocycles. The van der Waals surface area contributed by atoms with Gasteiger partial charge in [-0.3, -0.25) is 13.9 Å². The average Bonchev–Trinajstić information content (AvgIpc) is 2.79. The number of nitrogens with zero attached hydrogens (tertiary/aromatic N) is 2. The quantitative estimate of drug-likeness (QED) is 0.540. The Morgan fingerprint density at radius 3 is 2.36 bits per heavy atom. The zero-order valence-electron chi connectivity index (χ0n) is 19.2. The summed E-state index contributed by atoms with van der Waals surface area (Å²) in [7, 11) is 0.582. The van der Waals surface area contributed by atoms with Gasteiger partial charge in [0.1, 0.15) is 24.1 Å². The minimum absolute atomic E-state index is 0.0750. The van der Waals surface area contributed by atoms with Crippen molar-refractivity contribution in [2.45, 2.75) is 19.5 Å². The predicted octanol–water partition coefficient (Wildman–Crippen LogP) is 2.29. The van der Waals surface area contributed by atoms with Crippen molar-refractivity contribution in [1.29, 1.82) is 0 Å². The summed E-state index contributed by atoms with van der Waals surface area (Å²) >= 11 is 6.16. The lowest BCUT2D eigenvalue weighted by molar-refractivity contribution is -0.139. The van der Waals surface area contributed by atoms with E-state index in [2.05, 4.69) is 5.32 Å². The Labute approximate surface area is 199 Å². The molecule has 180 valence electrons. The van der Waals surface area contributed by atoms with Crippen molar-refractivity contribution in [3.63, 3.8) is 0 Å². The Hall–Kier alpha value is -2.98. The Morgan fingerprint density at radius 1 is 1.12 bits per heavy atom. The molecule has 0 bridgehead atoms. The summed E-state index contributed by atoms with van der Waals surface area (Å²) in [6.45, 7) is 1.13. The molecule has 11 heteroatoms. The topological polar surface area (TPSA) is 105 Å². The van der Waals surface area contributed by atoms with Crippen LogP contribution in [0.25, 0.3) is 0 Å². The average molecular weight is 498 g/mol. The summed E-state index contributed by atoms with van der Waals surface area (Å²) in [5.74, 6) is 0.0159. The molecular formula is C22H28ClN3O6S. The molecule has 0 saturated heterocycles. The van der Waals surface area contributed by atoms with Gasteiger partial charge in [-0.25, -0.2) is 8.42 Å². The fraction of sp³-hybridized carbons (Fsp3) is 0.364. The van der Waals surface area contributed by atoms with Crippen molar-refractivity contribution >= 4 is 39.1 Å². The highest BCUT2D eigenvalue weighted by atomic mass is 35.5. The number of carbonyl (C=O) groups excluding carboxylic acids is 2. The van der Waals surface area contributed by atoms with E-state index in [1.165, 1.54) is 44.4 Å². The first kappa shape index (κ1) is 26.3. The molecule has 0 radical (unpaired) electrons. The molecule has 0 unspecified atom stereocenters. The second-order valence-corrected chi connectivity index (χ2v) is 9.57. The van der Waals surface area contributed by atoms with Crippen LogP contribution in [-0.2, 0) is 26.2 Å². The largest absolute Gasteiger partial charge is 0.497 e. The maximum atomic E-state index is 13.4. The Kier molecular flexibility index (Phi) is 8.95. The van der Waals surface area contributed by atoms with Crippen LogP contribution in [0.1, 0.15) is 12.5 Å². The number of carbonyl (C=O) groups is 2. The highest BCUT2D eigenvalue weighted by Crippen LogP contribution is 2.30. The third-order valence-electron chi connectivity index (χ3n) is 5.00. The maximum absolute atomic E-state index is 13.4. The molecule has 1 N–H and O–H groups in total. The molecule has 2 amide bonds. The number of rotatable bonds is 10. The van der Waals surface area contributed by atoms with E-state index < -0.39 is 28.5 Å². The van der Waals surface area contributed by atoms with E-state index in [-0.39, 0.29) is 23.2 Å². The fourth-order valence-corrected chi connectivity index (χ4v) is 4.28. The van der Waals surface area contributed by atoms with E-state index in [0.29, 0.717) is 11.5 Å². The van der Waals surface area contributed by atoms with Gasteiger partial charge in [0.05, 0.1) is 31.2 Å². The summed E-state index contributed by atoms with van der Waals surface area (Å²) in [4.78, 5) is 27.0. The lowest BCUT2D eigenvalue weighted by Gasteiger charge is -2.31. The van der Waals surface area contributed by atoms with Gasteiger partial charge in [0.15, 0.2) is 0 Å². The van der Waals surface area contributed by atoms with Gasteiger partial charge in [-0.1, -0.05) is 23.7 Å². The van der Waals surface area contributed by atoms with Gasteiger partial charge in [0.25, 0.3) is 0 Å². The molecule has 2 rings (SSSR count). The number of likely N-dealkylation sites (N-methyl/N-ethyl adjacent to an activating group) is 1. The molecule has 1 atom stereocenters. The van der Waals surface area contributed by atoms with Crippen LogP contribution in [-0.4, -0.2) is 65.2 Å². The van der Waals surface area contributed by atoms with Gasteiger partial charge in [-0.2, -0.15) is 0 Å². The number of hydrogen-bond donors (Lipinski definition) is 1. The van der Waals surface area contributed by atoms with Crippen LogP contribution in [0.15, 0.2) is 42.5 Å². The second-order valence-electron chi connectivity index (χ2n) is 7.25. The number of ether oxygens (including phenoxy) is 2. The summed E-state index contributed by atoms with van der Waals surface area (Å²) in [6, 6.07) is 10.6. The van der Waals surface area contributed by atoms with Crippen LogP contribution >= 0.6 is 11.6 Å². The number of hydrogen-bond acceptors (Lipinski definition) is 6. The summed E-state index contributed by atoms with van der Waals surface area (Å²) in [6.07, 6.45) is 0.993. The summed E-state index contributed by atoms with van der Waals surface area (Å²) in [5, 5.41) is 2.72. The van der Waals surface area contributed by atoms with E-state index in [0.717, 1.165) is 16.1 Å². The molecule has 0 aliphatic rings. The van der Waals surface area contributed by atoms with Gasteiger partial charge in [-0.15, -0.1) is 0 Å². The van der Waals surface area contributed by atoms with E-state index in [1.54, 1.807) is 31.2 Å². The van der Waals surface area contributed by atoms with E-state index >= 15 is 0 Å². The van der Waals surface area contributed by atoms with E-state index in [1.807, 2.05) is 0 Å². The minimum atomic E-state index is -3.85. The van der Waals surface area contributed by atoms with E-state index in [4.69, 9.17) is 21.1 Å². The first-order valence-corrected chi connectivity index (χ1v) is 12.2. The van der Waals surface area contributed by atoms with Gasteiger partial charge in [0, 0.05) is 13.6 Å². The number of nitrogens with one attached hydrogen (secondary N) is 1. The molecule has 0 heterocycles. The highest BCUT2D eigenvalue weighted by Gasteiger charge is 2.30. The van der Waals surface area contributed by atoms with Crippen molar-refractivity contribution in [2.24, 2.45) is 0 Å². The zero-order valence-corrected chi connectivity index (χ0v) is 20.7. The Balaban J connectivity index is 2.41. The number of halogens is 1. The number of anilines is 1. The molecular weight excluding hydrogens is 470 g/mol. The monoisotopic (exact) mass is 497 g/mol. The molecule has 2 aromatic carbocycles. The van der Waals surface area contributed by atoms with Crippen LogP contribution < -0.4 is 19.1 Å². The van der Waals surface area contributed by atoms with Crippen LogP contribution in [0, 0.1) is 0 Å². The van der Waals surface area contributed by atoms with Gasteiger partial charge in [-0.05, 0) is 42.8 Å². The lowest BCUT2D eigenvalue weighted by Crippen LogP contribution is -2.50. The molecule has 0 spiro atoms. The van der Waals surface area contributed by atoms with Crippen LogP contribution in [0.2, 0.25) is 5.02 Å². The highest BCUT2D eigenvalue weighted by molar-refractivity contribution is 7.92. The molecule has 0 saturated carbocycles. The van der Waals surface area contributed by atoms with Crippen molar-refractivity contribution in [3.8, 4) is 11.5 Å². The number of methoxy groups -OCH3 is 2. The molecule has 0 fully saturated rings. The fourth-order valence-electron chi connectivity index (χ4n) is 3.18. The molecule has 33 heavy (non-hydrogen) atoms. The maximum Gasteiger partial charge on any atom is 0.244 e. The van der Waals surface area contributed by atoms with Crippen molar-refractivity contribution in [3.05, 3.63) is 53.1 Å². The van der Waals surface area contributed by atoms with Crippen molar-refractivity contribution in [1.82, 2.24) is 10.2 Å². The number of amides is 2. The molecule has 0 aliphatic heterocycles. The Bertz CT molecular complexity index is 1110. The third kappa shape index (κ3) is 6.75. The van der Waals surface area contributed by atoms with Crippen LogP contribution in [0.5, 0.6) is 11.5 Å². The first-order chi connectivity index (χ1) is 15.5. The lowest BCUT2D eigenvalue weighted by atomic mass is 10.1. The number of sulfonamides is 1. The molecule has 0 aromatic heterocycles. The Morgan fingerprint density at radius 2 is 1.82 bits per heavy atom. The SMILES string of the molecule is CNC(=O)[C@@H](C)N(Cc1cccc(OC)c1)C(=O)CN(c1ccc(OC)c(Cl)c1)S(C)(=O)=O. The van der Waals surface area contributed by atoms with Gasteiger partial charge >= 0.3 is 0 Å². The molecule has 2 aromatic rings. The third-order valence-corrected chi connectivity index (χ3v) is 6.44. The smallest absolute Gasteiger partial charge is 0.244 e. The van der Waals surface area contributed by atoms with Crippen molar-refractivity contribution < 1.29 is 27.5 Å². The van der Waals surface area contributed by atoms with Gasteiger partial charge < -0.3 is 19.7 Å². The predicted molar refractivity (Wildman–Crippen MR) is 127 cm³/mol. The first-order valence-electron chi connectivity index (χ1n) is 9.97. The molecule has 9 nitrogen and oxygen atoms in total. The summed E-state index contributed by atoms with van der Waals surface area (Å²) in [5.41, 5.74) is 0.919.